The van der Waals surface area contributed by atoms with Crippen molar-refractivity contribution in [2.24, 2.45) is 0 Å². The second kappa shape index (κ2) is 5.85. The minimum atomic E-state index is -0.297. The lowest BCUT2D eigenvalue weighted by Gasteiger charge is -2.28. The van der Waals surface area contributed by atoms with Crippen LogP contribution in [-0.4, -0.2) is 10.1 Å². The molecule has 2 aromatic heterocycles. The first-order chi connectivity index (χ1) is 8.83. The molecular formula is C14H19N2O2. The van der Waals surface area contributed by atoms with E-state index in [4.69, 9.17) is 8.94 Å². The van der Waals surface area contributed by atoms with Crippen molar-refractivity contribution in [2.45, 2.75) is 44.4 Å². The summed E-state index contributed by atoms with van der Waals surface area (Å²) in [7, 11) is 0. The number of rotatable bonds is 7. The molecule has 0 aliphatic rings. The van der Waals surface area contributed by atoms with Gasteiger partial charge in [0, 0.05) is 6.07 Å². The quantitative estimate of drug-likeness (QED) is 0.747. The molecular weight excluding hydrogens is 228 g/mol. The highest BCUT2D eigenvalue weighted by Gasteiger charge is 2.39. The van der Waals surface area contributed by atoms with Gasteiger partial charge in [0.2, 0.25) is 5.89 Å². The summed E-state index contributed by atoms with van der Waals surface area (Å²) in [4.78, 5) is 4.34. The van der Waals surface area contributed by atoms with E-state index < -0.39 is 0 Å². The van der Waals surface area contributed by atoms with Crippen molar-refractivity contribution in [3.8, 4) is 0 Å². The van der Waals surface area contributed by atoms with Gasteiger partial charge in [-0.15, -0.1) is 0 Å². The number of aromatic nitrogens is 2. The number of hydrogen-bond acceptors (Lipinski definition) is 4. The van der Waals surface area contributed by atoms with Crippen LogP contribution in [0.15, 0.2) is 33.7 Å². The molecule has 1 atom stereocenters. The van der Waals surface area contributed by atoms with Crippen LogP contribution in [0, 0.1) is 6.92 Å². The summed E-state index contributed by atoms with van der Waals surface area (Å²) < 4.78 is 10.6. The third kappa shape index (κ3) is 2.33. The highest BCUT2D eigenvalue weighted by atomic mass is 16.5. The van der Waals surface area contributed by atoms with Gasteiger partial charge in [0.15, 0.2) is 0 Å². The van der Waals surface area contributed by atoms with Gasteiger partial charge < -0.3 is 8.94 Å². The molecule has 4 heteroatoms. The molecule has 0 fully saturated rings. The summed E-state index contributed by atoms with van der Waals surface area (Å²) in [5, 5.41) is 4.11. The summed E-state index contributed by atoms with van der Waals surface area (Å²) in [5.41, 5.74) is 0.593. The molecule has 4 nitrogen and oxygen atoms in total. The van der Waals surface area contributed by atoms with Gasteiger partial charge in [-0.05, 0) is 12.8 Å². The zero-order chi connectivity index (χ0) is 12.8. The van der Waals surface area contributed by atoms with Crippen molar-refractivity contribution in [1.29, 1.82) is 0 Å². The Morgan fingerprint density at radius 1 is 1.33 bits per heavy atom. The molecule has 2 heterocycles. The van der Waals surface area contributed by atoms with Crippen LogP contribution >= 0.6 is 0 Å². The Labute approximate surface area is 107 Å². The van der Waals surface area contributed by atoms with Crippen molar-refractivity contribution in [1.82, 2.24) is 10.1 Å². The average molecular weight is 247 g/mol. The number of oxazole rings is 1. The molecule has 0 aliphatic carbocycles. The van der Waals surface area contributed by atoms with E-state index in [9.17, 15) is 0 Å². The molecule has 0 aliphatic heterocycles. The number of hydrogen-bond donors (Lipinski definition) is 0. The molecule has 0 aromatic carbocycles. The van der Waals surface area contributed by atoms with Gasteiger partial charge in [0.25, 0.3) is 0 Å². The topological polar surface area (TPSA) is 52.1 Å². The van der Waals surface area contributed by atoms with Crippen molar-refractivity contribution < 1.29 is 8.94 Å². The predicted molar refractivity (Wildman–Crippen MR) is 67.9 cm³/mol. The fourth-order valence-corrected chi connectivity index (χ4v) is 2.40. The number of unbranched alkanes of at least 4 members (excludes halogenated alkanes) is 1. The highest BCUT2D eigenvalue weighted by molar-refractivity contribution is 5.24. The zero-order valence-corrected chi connectivity index (χ0v) is 10.8. The van der Waals surface area contributed by atoms with E-state index >= 15 is 0 Å². The molecule has 0 saturated carbocycles. The van der Waals surface area contributed by atoms with Gasteiger partial charge in [0.1, 0.15) is 12.5 Å². The molecule has 1 unspecified atom stereocenters. The Kier molecular flexibility index (Phi) is 4.18. The summed E-state index contributed by atoms with van der Waals surface area (Å²) in [6.45, 7) is 6.14. The fraction of sp³-hybridized carbons (Fsp3) is 0.500. The molecule has 2 rings (SSSR count). The van der Waals surface area contributed by atoms with Gasteiger partial charge in [-0.25, -0.2) is 4.98 Å². The SMILES string of the molecule is [CH2]CCC(CCCC)(c1ccon1)c1ncco1. The largest absolute Gasteiger partial charge is 0.448 e. The van der Waals surface area contributed by atoms with Crippen molar-refractivity contribution >= 4 is 0 Å². The molecule has 18 heavy (non-hydrogen) atoms. The maximum Gasteiger partial charge on any atom is 0.206 e. The van der Waals surface area contributed by atoms with E-state index in [1.54, 1.807) is 18.7 Å². The average Bonchev–Trinajstić information content (AvgIpc) is 3.06. The van der Waals surface area contributed by atoms with Gasteiger partial charge in [-0.2, -0.15) is 0 Å². The molecule has 1 radical (unpaired) electrons. The van der Waals surface area contributed by atoms with Crippen LogP contribution in [0.5, 0.6) is 0 Å². The third-order valence-corrected chi connectivity index (χ3v) is 3.33. The fourth-order valence-electron chi connectivity index (χ4n) is 2.40. The second-order valence-corrected chi connectivity index (χ2v) is 4.51. The molecule has 97 valence electrons. The van der Waals surface area contributed by atoms with Crippen LogP contribution in [0.3, 0.4) is 0 Å². The monoisotopic (exact) mass is 247 g/mol. The first-order valence-electron chi connectivity index (χ1n) is 6.43. The summed E-state index contributed by atoms with van der Waals surface area (Å²) >= 11 is 0. The van der Waals surface area contributed by atoms with Crippen LogP contribution in [-0.2, 0) is 5.41 Å². The van der Waals surface area contributed by atoms with Crippen LogP contribution in [0.25, 0.3) is 0 Å². The molecule has 0 saturated heterocycles. The second-order valence-electron chi connectivity index (χ2n) is 4.51. The van der Waals surface area contributed by atoms with Gasteiger partial charge in [0.05, 0.1) is 17.3 Å². The van der Waals surface area contributed by atoms with Gasteiger partial charge in [-0.3, -0.25) is 0 Å². The standard InChI is InChI=1S/C14H19N2O2/c1-3-5-8-14(7-4-2,12-6-10-18-16-12)13-15-9-11-17-13/h6,9-11H,2-5,7-8H2,1H3. The zero-order valence-electron chi connectivity index (χ0n) is 10.8. The van der Waals surface area contributed by atoms with Gasteiger partial charge in [-0.1, -0.05) is 38.3 Å². The molecule has 2 aromatic rings. The first-order valence-corrected chi connectivity index (χ1v) is 6.43. The van der Waals surface area contributed by atoms with E-state index in [1.807, 2.05) is 6.07 Å². The van der Waals surface area contributed by atoms with Crippen molar-refractivity contribution in [3.05, 3.63) is 43.3 Å². The number of nitrogens with zero attached hydrogens (tertiary/aromatic N) is 2. The van der Waals surface area contributed by atoms with Crippen molar-refractivity contribution in [3.63, 3.8) is 0 Å². The molecule has 0 N–H and O–H groups in total. The third-order valence-electron chi connectivity index (χ3n) is 3.33. The highest BCUT2D eigenvalue weighted by Crippen LogP contribution is 2.39. The maximum absolute atomic E-state index is 5.55. The van der Waals surface area contributed by atoms with E-state index in [2.05, 4.69) is 24.0 Å². The lowest BCUT2D eigenvalue weighted by Crippen LogP contribution is -2.28. The van der Waals surface area contributed by atoms with Gasteiger partial charge >= 0.3 is 0 Å². The predicted octanol–water partition coefficient (Wildman–Crippen LogP) is 3.75. The molecule has 0 spiro atoms. The van der Waals surface area contributed by atoms with E-state index in [0.717, 1.165) is 37.8 Å². The van der Waals surface area contributed by atoms with Crippen LogP contribution in [0.2, 0.25) is 0 Å². The Balaban J connectivity index is 2.41. The van der Waals surface area contributed by atoms with Crippen LogP contribution < -0.4 is 0 Å². The van der Waals surface area contributed by atoms with E-state index in [1.165, 1.54) is 0 Å². The normalized spacial score (nSPS) is 14.6. The Hall–Kier alpha value is -1.58. The Morgan fingerprint density at radius 2 is 2.22 bits per heavy atom. The Bertz CT molecular complexity index is 400. The smallest absolute Gasteiger partial charge is 0.206 e. The summed E-state index contributed by atoms with van der Waals surface area (Å²) in [6.07, 6.45) is 9.72. The van der Waals surface area contributed by atoms with E-state index in [-0.39, 0.29) is 5.41 Å². The minimum absolute atomic E-state index is 0.297. The molecule has 0 amide bonds. The van der Waals surface area contributed by atoms with Crippen LogP contribution in [0.1, 0.15) is 50.6 Å². The lowest BCUT2D eigenvalue weighted by molar-refractivity contribution is 0.299. The summed E-state index contributed by atoms with van der Waals surface area (Å²) in [5.74, 6) is 0.716. The van der Waals surface area contributed by atoms with Crippen molar-refractivity contribution in [2.75, 3.05) is 0 Å². The summed E-state index contributed by atoms with van der Waals surface area (Å²) in [6, 6.07) is 1.90. The minimum Gasteiger partial charge on any atom is -0.448 e. The lowest BCUT2D eigenvalue weighted by atomic mass is 9.76. The Morgan fingerprint density at radius 3 is 2.78 bits per heavy atom. The first kappa shape index (κ1) is 12.9. The van der Waals surface area contributed by atoms with Crippen LogP contribution in [0.4, 0.5) is 0 Å². The molecule has 0 bridgehead atoms. The maximum atomic E-state index is 5.55. The van der Waals surface area contributed by atoms with E-state index in [0.29, 0.717) is 5.89 Å².